The Morgan fingerprint density at radius 1 is 1.27 bits per heavy atom. The Balaban J connectivity index is 1.47. The van der Waals surface area contributed by atoms with Crippen molar-refractivity contribution in [2.75, 3.05) is 12.9 Å². The molecule has 1 aliphatic rings. The highest BCUT2D eigenvalue weighted by Gasteiger charge is 2.22. The Labute approximate surface area is 178 Å². The van der Waals surface area contributed by atoms with Crippen molar-refractivity contribution in [1.29, 1.82) is 0 Å². The minimum atomic E-state index is 0.00818. The number of thioether (sulfide) groups is 1. The lowest BCUT2D eigenvalue weighted by molar-refractivity contribution is -0.127. The Hall–Kier alpha value is -3.07. The highest BCUT2D eigenvalue weighted by molar-refractivity contribution is 7.99. The zero-order valence-electron chi connectivity index (χ0n) is 16.7. The molecule has 0 saturated heterocycles. The third-order valence-electron chi connectivity index (χ3n) is 4.89. The second-order valence-electron chi connectivity index (χ2n) is 6.86. The molecule has 1 aliphatic carbocycles. The van der Waals surface area contributed by atoms with Gasteiger partial charge in [0.25, 0.3) is 0 Å². The van der Waals surface area contributed by atoms with E-state index in [1.54, 1.807) is 18.1 Å². The van der Waals surface area contributed by atoms with E-state index in [4.69, 9.17) is 9.15 Å². The van der Waals surface area contributed by atoms with Crippen LogP contribution in [0.5, 0.6) is 5.75 Å². The van der Waals surface area contributed by atoms with Crippen LogP contribution in [0.25, 0.3) is 5.69 Å². The van der Waals surface area contributed by atoms with E-state index in [-0.39, 0.29) is 11.7 Å². The Morgan fingerprint density at radius 2 is 2.13 bits per heavy atom. The van der Waals surface area contributed by atoms with Crippen LogP contribution < -0.4 is 4.74 Å². The molecule has 4 rings (SSSR count). The zero-order valence-corrected chi connectivity index (χ0v) is 17.5. The van der Waals surface area contributed by atoms with Gasteiger partial charge in [-0.15, -0.1) is 5.10 Å². The zero-order chi connectivity index (χ0) is 20.8. The molecular weight excluding hydrogens is 402 g/mol. The summed E-state index contributed by atoms with van der Waals surface area (Å²) in [6.07, 6.45) is 7.95. The van der Waals surface area contributed by atoms with Crippen LogP contribution >= 0.6 is 11.8 Å². The van der Waals surface area contributed by atoms with Crippen LogP contribution in [0.2, 0.25) is 0 Å². The monoisotopic (exact) mass is 425 g/mol. The maximum absolute atomic E-state index is 13.1. The lowest BCUT2D eigenvalue weighted by Crippen LogP contribution is -2.32. The van der Waals surface area contributed by atoms with Crippen molar-refractivity contribution in [2.45, 2.75) is 37.4 Å². The van der Waals surface area contributed by atoms with Gasteiger partial charge in [-0.2, -0.15) is 4.68 Å². The van der Waals surface area contributed by atoms with E-state index in [9.17, 15) is 4.79 Å². The Morgan fingerprint density at radius 3 is 2.83 bits per heavy atom. The van der Waals surface area contributed by atoms with Crippen LogP contribution in [0, 0.1) is 0 Å². The Kier molecular flexibility index (Phi) is 6.48. The number of rotatable bonds is 8. The van der Waals surface area contributed by atoms with Gasteiger partial charge in [-0.1, -0.05) is 17.8 Å². The number of amides is 1. The van der Waals surface area contributed by atoms with Crippen molar-refractivity contribution >= 4 is 17.7 Å². The number of benzene rings is 1. The first kappa shape index (κ1) is 20.2. The van der Waals surface area contributed by atoms with Gasteiger partial charge in [0, 0.05) is 5.70 Å². The first-order valence-electron chi connectivity index (χ1n) is 9.82. The van der Waals surface area contributed by atoms with Gasteiger partial charge < -0.3 is 14.1 Å². The maximum atomic E-state index is 13.1. The SMILES string of the molecule is COc1ccc(-n2nnnc2SCC(=O)N(Cc2ccco2)C2=CCCCC2)cc1. The predicted octanol–water partition coefficient (Wildman–Crippen LogP) is 3.84. The van der Waals surface area contributed by atoms with E-state index < -0.39 is 0 Å². The van der Waals surface area contributed by atoms with Gasteiger partial charge >= 0.3 is 0 Å². The molecule has 1 aromatic carbocycles. The van der Waals surface area contributed by atoms with Crippen LogP contribution in [0.15, 0.2) is 64.0 Å². The summed E-state index contributed by atoms with van der Waals surface area (Å²) in [4.78, 5) is 14.9. The number of methoxy groups -OCH3 is 1. The summed E-state index contributed by atoms with van der Waals surface area (Å²) in [6, 6.07) is 11.2. The van der Waals surface area contributed by atoms with Crippen molar-refractivity contribution in [2.24, 2.45) is 0 Å². The molecule has 0 unspecified atom stereocenters. The fourth-order valence-corrected chi connectivity index (χ4v) is 4.10. The van der Waals surface area contributed by atoms with Gasteiger partial charge in [-0.25, -0.2) is 0 Å². The van der Waals surface area contributed by atoms with Crippen LogP contribution in [0.1, 0.15) is 31.4 Å². The molecule has 0 saturated carbocycles. The molecular formula is C21H23N5O3S. The largest absolute Gasteiger partial charge is 0.497 e. The molecule has 0 aliphatic heterocycles. The Bertz CT molecular complexity index is 998. The number of carbonyl (C=O) groups excluding carboxylic acids is 1. The number of carbonyl (C=O) groups is 1. The number of ether oxygens (including phenoxy) is 1. The third-order valence-corrected chi connectivity index (χ3v) is 5.80. The summed E-state index contributed by atoms with van der Waals surface area (Å²) in [5, 5.41) is 12.5. The minimum absolute atomic E-state index is 0.00818. The average molecular weight is 426 g/mol. The number of allylic oxidation sites excluding steroid dienone is 2. The quantitative estimate of drug-likeness (QED) is 0.507. The molecule has 1 amide bonds. The summed E-state index contributed by atoms with van der Waals surface area (Å²) in [6.45, 7) is 0.432. The summed E-state index contributed by atoms with van der Waals surface area (Å²) >= 11 is 1.32. The summed E-state index contributed by atoms with van der Waals surface area (Å²) < 4.78 is 12.3. The molecule has 0 N–H and O–H groups in total. The van der Waals surface area contributed by atoms with Crippen molar-refractivity contribution < 1.29 is 13.9 Å². The van der Waals surface area contributed by atoms with E-state index in [1.165, 1.54) is 11.8 Å². The number of nitrogens with zero attached hydrogens (tertiary/aromatic N) is 5. The summed E-state index contributed by atoms with van der Waals surface area (Å²) in [5.41, 5.74) is 1.87. The van der Waals surface area contributed by atoms with E-state index in [0.717, 1.165) is 48.6 Å². The molecule has 8 nitrogen and oxygen atoms in total. The maximum Gasteiger partial charge on any atom is 0.237 e. The normalized spacial score (nSPS) is 13.7. The molecule has 3 aromatic rings. The third kappa shape index (κ3) is 4.73. The highest BCUT2D eigenvalue weighted by atomic mass is 32.2. The van der Waals surface area contributed by atoms with Crippen molar-refractivity contribution in [3.63, 3.8) is 0 Å². The van der Waals surface area contributed by atoms with E-state index in [0.29, 0.717) is 11.7 Å². The van der Waals surface area contributed by atoms with Crippen molar-refractivity contribution in [3.8, 4) is 11.4 Å². The molecule has 0 bridgehead atoms. The fraction of sp³-hybridized carbons (Fsp3) is 0.333. The predicted molar refractivity (Wildman–Crippen MR) is 112 cm³/mol. The van der Waals surface area contributed by atoms with Crippen LogP contribution in [0.3, 0.4) is 0 Å². The average Bonchev–Trinajstić information content (AvgIpc) is 3.48. The van der Waals surface area contributed by atoms with Crippen molar-refractivity contribution in [1.82, 2.24) is 25.1 Å². The number of aromatic nitrogens is 4. The van der Waals surface area contributed by atoms with Crippen molar-refractivity contribution in [3.05, 3.63) is 60.2 Å². The topological polar surface area (TPSA) is 86.3 Å². The summed E-state index contributed by atoms with van der Waals surface area (Å²) in [7, 11) is 1.62. The number of hydrogen-bond donors (Lipinski definition) is 0. The second-order valence-corrected chi connectivity index (χ2v) is 7.80. The first-order chi connectivity index (χ1) is 14.7. The lowest BCUT2D eigenvalue weighted by Gasteiger charge is -2.27. The molecule has 30 heavy (non-hydrogen) atoms. The van der Waals surface area contributed by atoms with Gasteiger partial charge in [-0.05, 0) is 72.5 Å². The van der Waals surface area contributed by atoms with E-state index >= 15 is 0 Å². The standard InChI is InChI=1S/C21H23N5O3S/c1-28-18-11-9-17(10-12-18)26-21(22-23-24-26)30-15-20(27)25(14-19-8-5-13-29-19)16-6-3-2-4-7-16/h5-6,8-13H,2-4,7,14-15H2,1H3. The summed E-state index contributed by atoms with van der Waals surface area (Å²) in [5.74, 6) is 1.76. The number of hydrogen-bond acceptors (Lipinski definition) is 7. The van der Waals surface area contributed by atoms with E-state index in [2.05, 4.69) is 21.6 Å². The van der Waals surface area contributed by atoms with Gasteiger partial charge in [0.15, 0.2) is 0 Å². The van der Waals surface area contributed by atoms with Gasteiger partial charge in [-0.3, -0.25) is 4.79 Å². The molecule has 2 aromatic heterocycles. The fourth-order valence-electron chi connectivity index (χ4n) is 3.33. The lowest BCUT2D eigenvalue weighted by atomic mass is 10.0. The molecule has 0 radical (unpaired) electrons. The van der Waals surface area contributed by atoms with Crippen LogP contribution in [-0.2, 0) is 11.3 Å². The molecule has 156 valence electrons. The minimum Gasteiger partial charge on any atom is -0.497 e. The molecule has 0 fully saturated rings. The molecule has 9 heteroatoms. The van der Waals surface area contributed by atoms with Gasteiger partial charge in [0.05, 0.1) is 31.4 Å². The molecule has 2 heterocycles. The van der Waals surface area contributed by atoms with Gasteiger partial charge in [0.2, 0.25) is 11.1 Å². The van der Waals surface area contributed by atoms with Crippen LogP contribution in [-0.4, -0.2) is 43.9 Å². The van der Waals surface area contributed by atoms with Crippen LogP contribution in [0.4, 0.5) is 0 Å². The number of furan rings is 1. The molecule has 0 atom stereocenters. The van der Waals surface area contributed by atoms with Gasteiger partial charge in [0.1, 0.15) is 11.5 Å². The first-order valence-corrected chi connectivity index (χ1v) is 10.8. The molecule has 0 spiro atoms. The second kappa shape index (κ2) is 9.62. The van der Waals surface area contributed by atoms with E-state index in [1.807, 2.05) is 41.3 Å². The number of tetrazole rings is 1. The highest BCUT2D eigenvalue weighted by Crippen LogP contribution is 2.26. The smallest absolute Gasteiger partial charge is 0.237 e.